The van der Waals surface area contributed by atoms with E-state index >= 15 is 0 Å². The second kappa shape index (κ2) is 41.0. The lowest BCUT2D eigenvalue weighted by molar-refractivity contribution is -0.359. The molecule has 0 aliphatic carbocycles. The second-order valence-corrected chi connectivity index (χ2v) is 19.7. The maximum Gasteiger partial charge on any atom is 0.220 e. The normalized spacial score (nSPS) is 26.5. The summed E-state index contributed by atoms with van der Waals surface area (Å²) >= 11 is 0. The van der Waals surface area contributed by atoms with Crippen LogP contribution in [0.25, 0.3) is 0 Å². The Bertz CT molecular complexity index is 1240. The zero-order valence-corrected chi connectivity index (χ0v) is 42.6. The third kappa shape index (κ3) is 27.3. The van der Waals surface area contributed by atoms with Gasteiger partial charge in [0.05, 0.1) is 32.0 Å². The zero-order valence-electron chi connectivity index (χ0n) is 42.6. The Labute approximate surface area is 411 Å². The molecule has 0 bridgehead atoms. The predicted molar refractivity (Wildman–Crippen MR) is 268 cm³/mol. The van der Waals surface area contributed by atoms with Crippen molar-refractivity contribution in [1.29, 1.82) is 0 Å². The Balaban J connectivity index is 1.80. The molecule has 0 aromatic rings. The van der Waals surface area contributed by atoms with Gasteiger partial charge in [-0.15, -0.1) is 0 Å². The fourth-order valence-electron chi connectivity index (χ4n) is 9.15. The molecule has 0 saturated carbocycles. The third-order valence-electron chi connectivity index (χ3n) is 13.7. The molecular formula is C54H101NO13. The average molecular weight is 972 g/mol. The highest BCUT2D eigenvalue weighted by Gasteiger charge is 2.51. The van der Waals surface area contributed by atoms with Crippen LogP contribution in [-0.2, 0) is 23.7 Å². The first kappa shape index (κ1) is 62.6. The maximum atomic E-state index is 13.2. The van der Waals surface area contributed by atoms with E-state index in [9.17, 15) is 45.6 Å². The van der Waals surface area contributed by atoms with Crippen molar-refractivity contribution >= 4 is 5.91 Å². The summed E-state index contributed by atoms with van der Waals surface area (Å²) in [5.41, 5.74) is 0. The summed E-state index contributed by atoms with van der Waals surface area (Å²) in [5.74, 6) is -0.214. The maximum absolute atomic E-state index is 13.2. The molecule has 0 aromatic heterocycles. The number of amides is 1. The van der Waals surface area contributed by atoms with Crippen LogP contribution in [0, 0.1) is 0 Å². The molecule has 0 spiro atoms. The van der Waals surface area contributed by atoms with Crippen LogP contribution in [0.1, 0.15) is 219 Å². The Morgan fingerprint density at radius 3 is 1.50 bits per heavy atom. The van der Waals surface area contributed by atoms with Crippen molar-refractivity contribution in [2.45, 2.75) is 293 Å². The Kier molecular flexibility index (Phi) is 37.7. The van der Waals surface area contributed by atoms with E-state index in [1.54, 1.807) is 0 Å². The summed E-state index contributed by atoms with van der Waals surface area (Å²) in [5, 5.41) is 87.1. The standard InChI is InChI=1S/C54H101NO13/c1-3-5-7-9-11-13-15-17-19-21-23-25-27-29-31-33-35-37-43(58)42(55-46(59)38-36-34-32-30-28-26-24-22-20-18-16-14-12-10-8-6-4-2)41-65-53-51(64)49(62)52(45(40-57)67-53)68-54-50(63)48(61)47(60)44(39-56)66-54/h12,14,18,20,42-45,47-54,56-58,60-64H,3-11,13,15-17,19,21-41H2,1-2H3,(H,55,59)/b14-12-,20-18-. The molecular weight excluding hydrogens is 871 g/mol. The van der Waals surface area contributed by atoms with E-state index in [0.29, 0.717) is 19.3 Å². The minimum absolute atomic E-state index is 0.214. The second-order valence-electron chi connectivity index (χ2n) is 19.7. The van der Waals surface area contributed by atoms with Gasteiger partial charge in [0.2, 0.25) is 5.91 Å². The van der Waals surface area contributed by atoms with E-state index in [4.69, 9.17) is 18.9 Å². The van der Waals surface area contributed by atoms with Gasteiger partial charge in [0, 0.05) is 6.42 Å². The number of hydrogen-bond acceptors (Lipinski definition) is 13. The SMILES string of the molecule is CCCCC/C=C\C/C=C\CCCCCCCCCC(=O)NC(COC1OC(CO)C(OC2OC(CO)C(O)C(O)C2O)C(O)C1O)C(O)CCCCCCCCCCCCCCCCCCC. The smallest absolute Gasteiger partial charge is 0.220 e. The summed E-state index contributed by atoms with van der Waals surface area (Å²) < 4.78 is 22.8. The first-order valence-corrected chi connectivity index (χ1v) is 27.6. The number of aliphatic hydroxyl groups is 8. The fraction of sp³-hybridized carbons (Fsp3) is 0.907. The molecule has 0 aromatic carbocycles. The van der Waals surface area contributed by atoms with E-state index < -0.39 is 86.8 Å². The largest absolute Gasteiger partial charge is 0.394 e. The molecule has 9 N–H and O–H groups in total. The minimum atomic E-state index is -1.78. The molecule has 2 aliphatic rings. The highest BCUT2D eigenvalue weighted by atomic mass is 16.7. The molecule has 14 heteroatoms. The van der Waals surface area contributed by atoms with Gasteiger partial charge in [-0.3, -0.25) is 4.79 Å². The van der Waals surface area contributed by atoms with E-state index in [1.165, 1.54) is 128 Å². The molecule has 2 aliphatic heterocycles. The van der Waals surface area contributed by atoms with Gasteiger partial charge in [0.25, 0.3) is 0 Å². The van der Waals surface area contributed by atoms with Gasteiger partial charge in [-0.25, -0.2) is 0 Å². The molecule has 1 amide bonds. The van der Waals surface area contributed by atoms with Gasteiger partial charge in [0.15, 0.2) is 12.6 Å². The van der Waals surface area contributed by atoms with E-state index in [2.05, 4.69) is 43.5 Å². The lowest BCUT2D eigenvalue weighted by Crippen LogP contribution is -2.65. The molecule has 400 valence electrons. The van der Waals surface area contributed by atoms with Crippen LogP contribution < -0.4 is 5.32 Å². The molecule has 0 radical (unpaired) electrons. The van der Waals surface area contributed by atoms with Crippen LogP contribution in [0.4, 0.5) is 0 Å². The Morgan fingerprint density at radius 2 is 0.971 bits per heavy atom. The van der Waals surface area contributed by atoms with Crippen molar-refractivity contribution in [3.05, 3.63) is 24.3 Å². The molecule has 12 unspecified atom stereocenters. The predicted octanol–water partition coefficient (Wildman–Crippen LogP) is 8.11. The van der Waals surface area contributed by atoms with Gasteiger partial charge in [0.1, 0.15) is 48.8 Å². The van der Waals surface area contributed by atoms with Gasteiger partial charge >= 0.3 is 0 Å². The molecule has 14 nitrogen and oxygen atoms in total. The number of allylic oxidation sites excluding steroid dienone is 4. The highest BCUT2D eigenvalue weighted by Crippen LogP contribution is 2.30. The van der Waals surface area contributed by atoms with E-state index in [0.717, 1.165) is 57.8 Å². The molecule has 2 rings (SSSR count). The number of nitrogens with one attached hydrogen (secondary N) is 1. The average Bonchev–Trinajstić information content (AvgIpc) is 3.34. The fourth-order valence-corrected chi connectivity index (χ4v) is 9.15. The third-order valence-corrected chi connectivity index (χ3v) is 13.7. The van der Waals surface area contributed by atoms with Crippen molar-refractivity contribution in [2.24, 2.45) is 0 Å². The Morgan fingerprint density at radius 1 is 0.529 bits per heavy atom. The summed E-state index contributed by atoms with van der Waals surface area (Å²) in [6.07, 6.45) is 28.8. The monoisotopic (exact) mass is 972 g/mol. The van der Waals surface area contributed by atoms with Crippen molar-refractivity contribution in [3.63, 3.8) is 0 Å². The molecule has 2 saturated heterocycles. The van der Waals surface area contributed by atoms with Gasteiger partial charge in [-0.05, 0) is 44.9 Å². The highest BCUT2D eigenvalue weighted by molar-refractivity contribution is 5.76. The van der Waals surface area contributed by atoms with Crippen LogP contribution in [0.2, 0.25) is 0 Å². The number of unbranched alkanes of at least 4 members (excludes halogenated alkanes) is 26. The number of hydrogen-bond donors (Lipinski definition) is 9. The van der Waals surface area contributed by atoms with Crippen LogP contribution in [0.5, 0.6) is 0 Å². The van der Waals surface area contributed by atoms with E-state index in [-0.39, 0.29) is 12.5 Å². The Hall–Kier alpha value is -1.53. The van der Waals surface area contributed by atoms with Crippen LogP contribution in [-0.4, -0.2) is 140 Å². The number of aliphatic hydroxyl groups excluding tert-OH is 8. The van der Waals surface area contributed by atoms with Gasteiger partial charge in [-0.2, -0.15) is 0 Å². The first-order chi connectivity index (χ1) is 33.1. The van der Waals surface area contributed by atoms with Crippen molar-refractivity contribution in [3.8, 4) is 0 Å². The van der Waals surface area contributed by atoms with Crippen molar-refractivity contribution < 1.29 is 64.6 Å². The topological polar surface area (TPSA) is 228 Å². The number of carbonyl (C=O) groups excluding carboxylic acids is 1. The zero-order chi connectivity index (χ0) is 49.6. The molecule has 12 atom stereocenters. The van der Waals surface area contributed by atoms with Crippen LogP contribution in [0.15, 0.2) is 24.3 Å². The van der Waals surface area contributed by atoms with Crippen molar-refractivity contribution in [1.82, 2.24) is 5.32 Å². The quantitative estimate of drug-likeness (QED) is 0.0208. The molecule has 68 heavy (non-hydrogen) atoms. The number of ether oxygens (including phenoxy) is 4. The van der Waals surface area contributed by atoms with Crippen LogP contribution in [0.3, 0.4) is 0 Å². The molecule has 2 fully saturated rings. The number of rotatable bonds is 43. The first-order valence-electron chi connectivity index (χ1n) is 27.6. The van der Waals surface area contributed by atoms with Crippen molar-refractivity contribution in [2.75, 3.05) is 19.8 Å². The van der Waals surface area contributed by atoms with Gasteiger partial charge < -0.3 is 65.1 Å². The summed E-state index contributed by atoms with van der Waals surface area (Å²) in [7, 11) is 0. The molecule has 2 heterocycles. The lowest BCUT2D eigenvalue weighted by Gasteiger charge is -2.46. The summed E-state index contributed by atoms with van der Waals surface area (Å²) in [4.78, 5) is 13.2. The summed E-state index contributed by atoms with van der Waals surface area (Å²) in [6.45, 7) is 2.83. The van der Waals surface area contributed by atoms with E-state index in [1.807, 2.05) is 0 Å². The van der Waals surface area contributed by atoms with Gasteiger partial charge in [-0.1, -0.05) is 192 Å². The van der Waals surface area contributed by atoms with Crippen LogP contribution >= 0.6 is 0 Å². The summed E-state index contributed by atoms with van der Waals surface area (Å²) in [6, 6.07) is -0.831. The number of carbonyl (C=O) groups is 1. The minimum Gasteiger partial charge on any atom is -0.394 e. The lowest BCUT2D eigenvalue weighted by atomic mass is 9.97.